The molecule has 3 rings (SSSR count). The van der Waals surface area contributed by atoms with Crippen molar-refractivity contribution in [2.24, 2.45) is 0 Å². The van der Waals surface area contributed by atoms with Crippen molar-refractivity contribution < 1.29 is 4.92 Å². The van der Waals surface area contributed by atoms with Crippen molar-refractivity contribution in [1.29, 1.82) is 0 Å². The average Bonchev–Trinajstić information content (AvgIpc) is 2.91. The number of hydrogen-bond donors (Lipinski definition) is 0. The number of benzene rings is 2. The maximum atomic E-state index is 10.8. The number of imidazole rings is 1. The summed E-state index contributed by atoms with van der Waals surface area (Å²) in [6, 6.07) is 14.7. The molecule has 5 heteroatoms. The number of aromatic nitrogens is 2. The highest BCUT2D eigenvalue weighted by Gasteiger charge is 2.09. The van der Waals surface area contributed by atoms with Gasteiger partial charge >= 0.3 is 0 Å². The van der Waals surface area contributed by atoms with E-state index in [0.29, 0.717) is 6.54 Å². The van der Waals surface area contributed by atoms with Crippen LogP contribution in [-0.4, -0.2) is 14.5 Å². The Kier molecular flexibility index (Phi) is 3.47. The Morgan fingerprint density at radius 1 is 1.19 bits per heavy atom. The summed E-state index contributed by atoms with van der Waals surface area (Å²) in [7, 11) is 0. The molecule has 0 unspecified atom stereocenters. The van der Waals surface area contributed by atoms with Gasteiger partial charge in [0.15, 0.2) is 0 Å². The molecule has 0 N–H and O–H groups in total. The molecule has 0 aliphatic rings. The Morgan fingerprint density at radius 2 is 2.00 bits per heavy atom. The first-order chi connectivity index (χ1) is 10.2. The van der Waals surface area contributed by atoms with E-state index < -0.39 is 4.92 Å². The number of nitrogens with zero attached hydrogens (tertiary/aromatic N) is 3. The zero-order chi connectivity index (χ0) is 14.7. The zero-order valence-electron chi connectivity index (χ0n) is 11.2. The first-order valence-electron chi connectivity index (χ1n) is 6.55. The Balaban J connectivity index is 1.85. The second kappa shape index (κ2) is 5.58. The quantitative estimate of drug-likeness (QED) is 0.541. The van der Waals surface area contributed by atoms with Crippen LogP contribution in [0.15, 0.2) is 60.9 Å². The fourth-order valence-corrected chi connectivity index (χ4v) is 2.17. The predicted molar refractivity (Wildman–Crippen MR) is 81.9 cm³/mol. The lowest BCUT2D eigenvalue weighted by atomic mass is 10.2. The largest absolute Gasteiger partial charge is 0.326 e. The van der Waals surface area contributed by atoms with E-state index in [1.807, 2.05) is 47.1 Å². The smallest absolute Gasteiger partial charge is 0.271 e. The van der Waals surface area contributed by atoms with Crippen molar-refractivity contribution >= 4 is 22.8 Å². The van der Waals surface area contributed by atoms with Crippen molar-refractivity contribution in [2.45, 2.75) is 6.54 Å². The molecule has 0 bridgehead atoms. The summed E-state index contributed by atoms with van der Waals surface area (Å²) in [5.74, 6) is 0. The van der Waals surface area contributed by atoms with E-state index in [1.54, 1.807) is 18.5 Å². The summed E-state index contributed by atoms with van der Waals surface area (Å²) in [5, 5.41) is 10.8. The van der Waals surface area contributed by atoms with Crippen LogP contribution in [0, 0.1) is 10.1 Å². The minimum absolute atomic E-state index is 0.0799. The Hall–Kier alpha value is -2.95. The lowest BCUT2D eigenvalue weighted by molar-refractivity contribution is -0.384. The average molecular weight is 279 g/mol. The summed E-state index contributed by atoms with van der Waals surface area (Å²) >= 11 is 0. The van der Waals surface area contributed by atoms with E-state index in [-0.39, 0.29) is 5.69 Å². The topological polar surface area (TPSA) is 61.0 Å². The Bertz CT molecular complexity index is 807. The highest BCUT2D eigenvalue weighted by molar-refractivity contribution is 5.78. The van der Waals surface area contributed by atoms with Gasteiger partial charge in [0.1, 0.15) is 0 Å². The number of nitro groups is 1. The van der Waals surface area contributed by atoms with Crippen LogP contribution in [0.5, 0.6) is 0 Å². The zero-order valence-corrected chi connectivity index (χ0v) is 11.2. The summed E-state index contributed by atoms with van der Waals surface area (Å²) in [6.45, 7) is 0.618. The van der Waals surface area contributed by atoms with Gasteiger partial charge in [0.2, 0.25) is 0 Å². The van der Waals surface area contributed by atoms with Gasteiger partial charge in [-0.3, -0.25) is 10.1 Å². The summed E-state index contributed by atoms with van der Waals surface area (Å²) in [4.78, 5) is 14.7. The van der Waals surface area contributed by atoms with Gasteiger partial charge in [0.05, 0.1) is 22.3 Å². The molecular formula is C16H13N3O2. The lowest BCUT2D eigenvalue weighted by Gasteiger charge is -2.00. The van der Waals surface area contributed by atoms with Gasteiger partial charge in [0, 0.05) is 18.7 Å². The van der Waals surface area contributed by atoms with Gasteiger partial charge in [-0.1, -0.05) is 42.5 Å². The molecule has 0 aliphatic heterocycles. The molecule has 0 saturated carbocycles. The molecule has 0 spiro atoms. The van der Waals surface area contributed by atoms with E-state index in [2.05, 4.69) is 4.98 Å². The van der Waals surface area contributed by atoms with Gasteiger partial charge in [-0.15, -0.1) is 0 Å². The van der Waals surface area contributed by atoms with E-state index in [4.69, 9.17) is 0 Å². The Morgan fingerprint density at radius 3 is 2.76 bits per heavy atom. The van der Waals surface area contributed by atoms with Crippen molar-refractivity contribution in [3.63, 3.8) is 0 Å². The van der Waals surface area contributed by atoms with Crippen molar-refractivity contribution in [1.82, 2.24) is 9.55 Å². The summed E-state index contributed by atoms with van der Waals surface area (Å²) in [5.41, 5.74) is 2.72. The third-order valence-corrected chi connectivity index (χ3v) is 3.23. The molecule has 0 fully saturated rings. The highest BCUT2D eigenvalue weighted by atomic mass is 16.6. The fourth-order valence-electron chi connectivity index (χ4n) is 2.17. The van der Waals surface area contributed by atoms with Crippen LogP contribution >= 0.6 is 0 Å². The molecule has 0 radical (unpaired) electrons. The summed E-state index contributed by atoms with van der Waals surface area (Å²) in [6.07, 6.45) is 5.72. The van der Waals surface area contributed by atoms with Crippen LogP contribution in [-0.2, 0) is 6.54 Å². The number of allylic oxidation sites excluding steroid dienone is 1. The van der Waals surface area contributed by atoms with Crippen LogP contribution < -0.4 is 0 Å². The fraction of sp³-hybridized carbons (Fsp3) is 0.0625. The molecule has 0 atom stereocenters. The molecule has 1 heterocycles. The minimum Gasteiger partial charge on any atom is -0.326 e. The van der Waals surface area contributed by atoms with Crippen LogP contribution in [0.3, 0.4) is 0 Å². The second-order valence-electron chi connectivity index (χ2n) is 4.64. The number of non-ortho nitro benzene ring substituents is 1. The SMILES string of the molecule is O=[N+]([O-])c1ccc2ncn(C/C=C/c3ccccc3)c2c1. The normalized spacial score (nSPS) is 11.2. The predicted octanol–water partition coefficient (Wildman–Crippen LogP) is 3.66. The Labute approximate surface area is 121 Å². The van der Waals surface area contributed by atoms with Gasteiger partial charge in [-0.05, 0) is 11.6 Å². The molecule has 5 nitrogen and oxygen atoms in total. The maximum absolute atomic E-state index is 10.8. The van der Waals surface area contributed by atoms with Crippen molar-refractivity contribution in [3.8, 4) is 0 Å². The standard InChI is InChI=1S/C16H13N3O2/c20-19(21)14-8-9-15-16(11-14)18(12-17-15)10-4-7-13-5-2-1-3-6-13/h1-9,11-12H,10H2/b7-4+. The number of hydrogen-bond acceptors (Lipinski definition) is 3. The van der Waals surface area contributed by atoms with Crippen LogP contribution in [0.1, 0.15) is 5.56 Å². The molecule has 2 aromatic carbocycles. The third kappa shape index (κ3) is 2.81. The molecule has 3 aromatic rings. The minimum atomic E-state index is -0.392. The molecule has 1 aromatic heterocycles. The number of fused-ring (bicyclic) bond motifs is 1. The number of nitro benzene ring substituents is 1. The van der Waals surface area contributed by atoms with E-state index in [0.717, 1.165) is 16.6 Å². The van der Waals surface area contributed by atoms with Gasteiger partial charge in [-0.2, -0.15) is 0 Å². The number of rotatable bonds is 4. The maximum Gasteiger partial charge on any atom is 0.271 e. The monoisotopic (exact) mass is 279 g/mol. The molecule has 21 heavy (non-hydrogen) atoms. The first-order valence-corrected chi connectivity index (χ1v) is 6.55. The highest BCUT2D eigenvalue weighted by Crippen LogP contribution is 2.20. The first kappa shape index (κ1) is 13.1. The van der Waals surface area contributed by atoms with Crippen LogP contribution in [0.4, 0.5) is 5.69 Å². The van der Waals surface area contributed by atoms with E-state index >= 15 is 0 Å². The van der Waals surface area contributed by atoms with Crippen LogP contribution in [0.2, 0.25) is 0 Å². The van der Waals surface area contributed by atoms with E-state index in [9.17, 15) is 10.1 Å². The third-order valence-electron chi connectivity index (χ3n) is 3.23. The van der Waals surface area contributed by atoms with Gasteiger partial charge < -0.3 is 4.57 Å². The molecule has 104 valence electrons. The molecule has 0 amide bonds. The van der Waals surface area contributed by atoms with Gasteiger partial charge in [0.25, 0.3) is 5.69 Å². The van der Waals surface area contributed by atoms with E-state index in [1.165, 1.54) is 6.07 Å². The van der Waals surface area contributed by atoms with Gasteiger partial charge in [-0.25, -0.2) is 4.98 Å². The lowest BCUT2D eigenvalue weighted by Crippen LogP contribution is -1.94. The molecule has 0 aliphatic carbocycles. The van der Waals surface area contributed by atoms with Crippen molar-refractivity contribution in [3.05, 3.63) is 76.6 Å². The second-order valence-corrected chi connectivity index (χ2v) is 4.64. The van der Waals surface area contributed by atoms with Crippen molar-refractivity contribution in [2.75, 3.05) is 0 Å². The molecular weight excluding hydrogens is 266 g/mol. The van der Waals surface area contributed by atoms with Crippen LogP contribution in [0.25, 0.3) is 17.1 Å². The molecule has 0 saturated heterocycles. The summed E-state index contributed by atoms with van der Waals surface area (Å²) < 4.78 is 1.89.